The third kappa shape index (κ3) is 3.42. The van der Waals surface area contributed by atoms with E-state index in [0.717, 1.165) is 24.8 Å². The number of methoxy groups -OCH3 is 1. The van der Waals surface area contributed by atoms with Gasteiger partial charge >= 0.3 is 5.97 Å². The smallest absolute Gasteiger partial charge is 0.306 e. The number of aliphatic carboxylic acids is 1. The van der Waals surface area contributed by atoms with Crippen LogP contribution in [0.4, 0.5) is 0 Å². The van der Waals surface area contributed by atoms with Gasteiger partial charge in [0.1, 0.15) is 0 Å². The first-order chi connectivity index (χ1) is 9.61. The molecular formula is C15H21NO4. The van der Waals surface area contributed by atoms with Crippen molar-refractivity contribution in [3.8, 4) is 11.5 Å². The Kier molecular flexibility index (Phi) is 4.84. The van der Waals surface area contributed by atoms with E-state index < -0.39 is 5.97 Å². The van der Waals surface area contributed by atoms with Gasteiger partial charge in [-0.3, -0.25) is 4.79 Å². The van der Waals surface area contributed by atoms with Gasteiger partial charge in [-0.25, -0.2) is 0 Å². The van der Waals surface area contributed by atoms with Crippen LogP contribution in [-0.4, -0.2) is 29.8 Å². The molecule has 0 amide bonds. The molecule has 0 bridgehead atoms. The van der Waals surface area contributed by atoms with Gasteiger partial charge in [0, 0.05) is 6.54 Å². The Hall–Kier alpha value is -1.75. The molecule has 0 aromatic heterocycles. The van der Waals surface area contributed by atoms with E-state index in [2.05, 4.69) is 5.32 Å². The van der Waals surface area contributed by atoms with Crippen LogP contribution in [-0.2, 0) is 11.3 Å². The van der Waals surface area contributed by atoms with E-state index in [1.54, 1.807) is 12.1 Å². The van der Waals surface area contributed by atoms with Gasteiger partial charge in [0.15, 0.2) is 11.5 Å². The molecule has 5 heteroatoms. The minimum atomic E-state index is -0.680. The number of carboxylic acid groups (broad SMARTS) is 1. The summed E-state index contributed by atoms with van der Waals surface area (Å²) >= 11 is 0. The minimum absolute atomic E-state index is 0.123. The van der Waals surface area contributed by atoms with Gasteiger partial charge in [-0.2, -0.15) is 0 Å². The molecule has 2 atom stereocenters. The molecule has 5 nitrogen and oxygen atoms in total. The summed E-state index contributed by atoms with van der Waals surface area (Å²) in [6.07, 6.45) is 2.76. The summed E-state index contributed by atoms with van der Waals surface area (Å²) in [7, 11) is 1.52. The summed E-state index contributed by atoms with van der Waals surface area (Å²) in [6.45, 7) is 1.35. The van der Waals surface area contributed by atoms with Gasteiger partial charge < -0.3 is 20.3 Å². The van der Waals surface area contributed by atoms with Crippen LogP contribution in [0.3, 0.4) is 0 Å². The zero-order valence-electron chi connectivity index (χ0n) is 11.6. The van der Waals surface area contributed by atoms with Crippen molar-refractivity contribution in [3.63, 3.8) is 0 Å². The quantitative estimate of drug-likeness (QED) is 0.742. The first kappa shape index (κ1) is 14.7. The molecule has 110 valence electrons. The standard InChI is InChI=1S/C15H21NO4/c1-20-14-7-10(5-6-13(14)17)8-16-9-11-3-2-4-12(11)15(18)19/h5-7,11-12,16-17H,2-4,8-9H2,1H3,(H,18,19). The molecule has 1 aromatic carbocycles. The van der Waals surface area contributed by atoms with E-state index in [1.807, 2.05) is 6.07 Å². The number of hydrogen-bond donors (Lipinski definition) is 3. The average Bonchev–Trinajstić information content (AvgIpc) is 2.89. The lowest BCUT2D eigenvalue weighted by Gasteiger charge is -2.16. The van der Waals surface area contributed by atoms with Crippen LogP contribution in [0, 0.1) is 11.8 Å². The summed E-state index contributed by atoms with van der Waals surface area (Å²) in [5.41, 5.74) is 1.00. The molecule has 0 aliphatic heterocycles. The zero-order chi connectivity index (χ0) is 14.5. The Balaban J connectivity index is 1.85. The molecule has 1 fully saturated rings. The number of hydrogen-bond acceptors (Lipinski definition) is 4. The maximum atomic E-state index is 11.1. The number of phenols is 1. The summed E-state index contributed by atoms with van der Waals surface area (Å²) < 4.78 is 5.06. The summed E-state index contributed by atoms with van der Waals surface area (Å²) in [5, 5.41) is 21.9. The number of aromatic hydroxyl groups is 1. The second-order valence-electron chi connectivity index (χ2n) is 5.27. The van der Waals surface area contributed by atoms with Gasteiger partial charge in [-0.05, 0) is 43.0 Å². The van der Waals surface area contributed by atoms with Crippen molar-refractivity contribution >= 4 is 5.97 Å². The second kappa shape index (κ2) is 6.61. The predicted molar refractivity (Wildman–Crippen MR) is 74.8 cm³/mol. The van der Waals surface area contributed by atoms with Crippen LogP contribution in [0.15, 0.2) is 18.2 Å². The van der Waals surface area contributed by atoms with Crippen molar-refractivity contribution < 1.29 is 19.7 Å². The van der Waals surface area contributed by atoms with Gasteiger partial charge in [0.05, 0.1) is 13.0 Å². The second-order valence-corrected chi connectivity index (χ2v) is 5.27. The first-order valence-corrected chi connectivity index (χ1v) is 6.91. The third-order valence-corrected chi connectivity index (χ3v) is 3.96. The number of phenolic OH excluding ortho intramolecular Hbond substituents is 1. The number of carboxylic acids is 1. The Bertz CT molecular complexity index is 475. The van der Waals surface area contributed by atoms with E-state index in [0.29, 0.717) is 18.8 Å². The predicted octanol–water partition coefficient (Wildman–Crippen LogP) is 1.99. The summed E-state index contributed by atoms with van der Waals surface area (Å²) in [4.78, 5) is 11.1. The van der Waals surface area contributed by atoms with Crippen molar-refractivity contribution in [1.82, 2.24) is 5.32 Å². The lowest BCUT2D eigenvalue weighted by atomic mass is 9.96. The van der Waals surface area contributed by atoms with Crippen molar-refractivity contribution in [3.05, 3.63) is 23.8 Å². The van der Waals surface area contributed by atoms with Crippen LogP contribution in [0.5, 0.6) is 11.5 Å². The molecular weight excluding hydrogens is 258 g/mol. The summed E-state index contributed by atoms with van der Waals surface area (Å²) in [6, 6.07) is 5.21. The molecule has 1 aliphatic carbocycles. The molecule has 2 rings (SSSR count). The molecule has 3 N–H and O–H groups in total. The Morgan fingerprint density at radius 1 is 1.45 bits per heavy atom. The van der Waals surface area contributed by atoms with Crippen LogP contribution < -0.4 is 10.1 Å². The molecule has 1 aliphatic rings. The van der Waals surface area contributed by atoms with Crippen molar-refractivity contribution in [2.24, 2.45) is 11.8 Å². The highest BCUT2D eigenvalue weighted by molar-refractivity contribution is 5.70. The molecule has 0 radical (unpaired) electrons. The topological polar surface area (TPSA) is 78.8 Å². The van der Waals surface area contributed by atoms with E-state index in [4.69, 9.17) is 9.84 Å². The number of nitrogens with one attached hydrogen (secondary N) is 1. The number of benzene rings is 1. The molecule has 1 aromatic rings. The maximum Gasteiger partial charge on any atom is 0.306 e. The Morgan fingerprint density at radius 3 is 2.95 bits per heavy atom. The van der Waals surface area contributed by atoms with Crippen molar-refractivity contribution in [1.29, 1.82) is 0 Å². The maximum absolute atomic E-state index is 11.1. The number of carbonyl (C=O) groups is 1. The number of ether oxygens (including phenoxy) is 1. The molecule has 0 saturated heterocycles. The van der Waals surface area contributed by atoms with E-state index in [1.165, 1.54) is 7.11 Å². The van der Waals surface area contributed by atoms with Crippen LogP contribution in [0.2, 0.25) is 0 Å². The largest absolute Gasteiger partial charge is 0.504 e. The molecule has 1 saturated carbocycles. The van der Waals surface area contributed by atoms with Crippen molar-refractivity contribution in [2.45, 2.75) is 25.8 Å². The highest BCUT2D eigenvalue weighted by Crippen LogP contribution is 2.31. The molecule has 0 spiro atoms. The number of rotatable bonds is 6. The minimum Gasteiger partial charge on any atom is -0.504 e. The van der Waals surface area contributed by atoms with Crippen molar-refractivity contribution in [2.75, 3.05) is 13.7 Å². The lowest BCUT2D eigenvalue weighted by molar-refractivity contribution is -0.142. The highest BCUT2D eigenvalue weighted by Gasteiger charge is 2.32. The highest BCUT2D eigenvalue weighted by atomic mass is 16.5. The van der Waals surface area contributed by atoms with Gasteiger partial charge in [-0.15, -0.1) is 0 Å². The third-order valence-electron chi connectivity index (χ3n) is 3.96. The SMILES string of the molecule is COc1cc(CNCC2CCCC2C(=O)O)ccc1O. The van der Waals surface area contributed by atoms with E-state index in [-0.39, 0.29) is 17.6 Å². The van der Waals surface area contributed by atoms with E-state index in [9.17, 15) is 9.90 Å². The van der Waals surface area contributed by atoms with E-state index >= 15 is 0 Å². The molecule has 20 heavy (non-hydrogen) atoms. The fourth-order valence-corrected chi connectivity index (χ4v) is 2.84. The lowest BCUT2D eigenvalue weighted by Crippen LogP contribution is -2.28. The van der Waals surface area contributed by atoms with Crippen LogP contribution in [0.1, 0.15) is 24.8 Å². The fraction of sp³-hybridized carbons (Fsp3) is 0.533. The Labute approximate surface area is 118 Å². The van der Waals surface area contributed by atoms with Crippen LogP contribution >= 0.6 is 0 Å². The average molecular weight is 279 g/mol. The fourth-order valence-electron chi connectivity index (χ4n) is 2.84. The van der Waals surface area contributed by atoms with Gasteiger partial charge in [-0.1, -0.05) is 12.5 Å². The molecule has 2 unspecified atom stereocenters. The monoisotopic (exact) mass is 279 g/mol. The Morgan fingerprint density at radius 2 is 2.25 bits per heavy atom. The van der Waals surface area contributed by atoms with Gasteiger partial charge in [0.25, 0.3) is 0 Å². The molecule has 0 heterocycles. The normalized spacial score (nSPS) is 21.9. The zero-order valence-corrected chi connectivity index (χ0v) is 11.6. The summed E-state index contributed by atoms with van der Waals surface area (Å²) in [5.74, 6) is -0.101. The first-order valence-electron chi connectivity index (χ1n) is 6.91. The van der Waals surface area contributed by atoms with Gasteiger partial charge in [0.2, 0.25) is 0 Å². The van der Waals surface area contributed by atoms with Crippen LogP contribution in [0.25, 0.3) is 0 Å².